The van der Waals surface area contributed by atoms with Crippen molar-refractivity contribution in [2.75, 3.05) is 0 Å². The number of carbonyl (C=O) groups is 2. The van der Waals surface area contributed by atoms with Crippen LogP contribution in [0.3, 0.4) is 0 Å². The summed E-state index contributed by atoms with van der Waals surface area (Å²) in [7, 11) is 0. The molecule has 0 saturated heterocycles. The lowest BCUT2D eigenvalue weighted by molar-refractivity contribution is -0.137. The summed E-state index contributed by atoms with van der Waals surface area (Å²) in [5.41, 5.74) is 0.951. The van der Waals surface area contributed by atoms with Crippen molar-refractivity contribution in [2.45, 2.75) is 19.4 Å². The van der Waals surface area contributed by atoms with Gasteiger partial charge in [-0.05, 0) is 19.1 Å². The molecule has 2 aromatic rings. The first kappa shape index (κ1) is 12.1. The second kappa shape index (κ2) is 4.87. The van der Waals surface area contributed by atoms with E-state index in [4.69, 9.17) is 5.11 Å². The molecule has 2 rings (SSSR count). The summed E-state index contributed by atoms with van der Waals surface area (Å²) in [4.78, 5) is 26.5. The van der Waals surface area contributed by atoms with Crippen LogP contribution in [0.5, 0.6) is 0 Å². The molecule has 0 saturated carbocycles. The minimum atomic E-state index is -0.946. The van der Waals surface area contributed by atoms with Crippen molar-refractivity contribution in [3.05, 3.63) is 36.3 Å². The van der Waals surface area contributed by atoms with E-state index in [0.717, 1.165) is 0 Å². The lowest BCUT2D eigenvalue weighted by atomic mass is 10.2. The van der Waals surface area contributed by atoms with E-state index in [1.165, 1.54) is 0 Å². The number of aliphatic carboxylic acids is 1. The van der Waals surface area contributed by atoms with Crippen molar-refractivity contribution in [3.63, 3.8) is 0 Å². The molecular weight excluding hydrogens is 234 g/mol. The van der Waals surface area contributed by atoms with Gasteiger partial charge in [-0.1, -0.05) is 6.07 Å². The molecule has 0 aliphatic rings. The lowest BCUT2D eigenvalue weighted by Gasteiger charge is -2.09. The summed E-state index contributed by atoms with van der Waals surface area (Å²) < 4.78 is 1.73. The lowest BCUT2D eigenvalue weighted by Crippen LogP contribution is -2.34. The molecule has 0 aliphatic heterocycles. The molecule has 1 atom stereocenters. The van der Waals surface area contributed by atoms with Crippen molar-refractivity contribution < 1.29 is 14.7 Å². The maximum atomic E-state index is 11.8. The number of fused-ring (bicyclic) bond motifs is 1. The predicted molar refractivity (Wildman–Crippen MR) is 64.4 cm³/mol. The molecule has 0 spiro atoms. The van der Waals surface area contributed by atoms with Crippen LogP contribution in [0.4, 0.5) is 0 Å². The molecule has 1 unspecified atom stereocenters. The van der Waals surface area contributed by atoms with E-state index in [2.05, 4.69) is 10.3 Å². The molecular formula is C12H13N3O3. The molecule has 18 heavy (non-hydrogen) atoms. The maximum absolute atomic E-state index is 11.8. The highest BCUT2D eigenvalue weighted by Gasteiger charge is 2.15. The maximum Gasteiger partial charge on any atom is 0.305 e. The van der Waals surface area contributed by atoms with Gasteiger partial charge < -0.3 is 14.8 Å². The van der Waals surface area contributed by atoms with Gasteiger partial charge in [0.2, 0.25) is 0 Å². The Morgan fingerprint density at radius 2 is 2.28 bits per heavy atom. The Labute approximate surface area is 103 Å². The van der Waals surface area contributed by atoms with Gasteiger partial charge in [0, 0.05) is 18.4 Å². The fraction of sp³-hybridized carbons (Fsp3) is 0.250. The summed E-state index contributed by atoms with van der Waals surface area (Å²) in [6.45, 7) is 1.64. The smallest absolute Gasteiger partial charge is 0.305 e. The number of amides is 1. The third-order valence-electron chi connectivity index (χ3n) is 2.45. The van der Waals surface area contributed by atoms with Crippen LogP contribution >= 0.6 is 0 Å². The number of nitrogens with one attached hydrogen (secondary N) is 1. The zero-order valence-corrected chi connectivity index (χ0v) is 9.83. The minimum absolute atomic E-state index is 0.112. The summed E-state index contributed by atoms with van der Waals surface area (Å²) in [6.07, 6.45) is 3.29. The van der Waals surface area contributed by atoms with Gasteiger partial charge in [-0.25, -0.2) is 4.98 Å². The van der Waals surface area contributed by atoms with Crippen molar-refractivity contribution >= 4 is 17.5 Å². The van der Waals surface area contributed by atoms with E-state index < -0.39 is 12.0 Å². The monoisotopic (exact) mass is 247 g/mol. The van der Waals surface area contributed by atoms with Crippen LogP contribution in [0.1, 0.15) is 23.8 Å². The van der Waals surface area contributed by atoms with Crippen LogP contribution in [0.15, 0.2) is 30.6 Å². The molecule has 0 aromatic carbocycles. The van der Waals surface area contributed by atoms with E-state index in [9.17, 15) is 9.59 Å². The number of imidazole rings is 1. The van der Waals surface area contributed by atoms with Gasteiger partial charge in [-0.2, -0.15) is 0 Å². The average molecular weight is 247 g/mol. The topological polar surface area (TPSA) is 83.7 Å². The normalized spacial score (nSPS) is 12.3. The number of carbonyl (C=O) groups excluding carboxylic acids is 1. The molecule has 2 N–H and O–H groups in total. The Bertz CT molecular complexity index is 558. The molecule has 2 aromatic heterocycles. The van der Waals surface area contributed by atoms with Gasteiger partial charge in [0.05, 0.1) is 6.42 Å². The summed E-state index contributed by atoms with van der Waals surface area (Å²) >= 11 is 0. The first-order valence-corrected chi connectivity index (χ1v) is 5.52. The van der Waals surface area contributed by atoms with Gasteiger partial charge >= 0.3 is 5.97 Å². The number of rotatable bonds is 4. The van der Waals surface area contributed by atoms with Crippen LogP contribution in [0.25, 0.3) is 5.65 Å². The Morgan fingerprint density at radius 1 is 1.50 bits per heavy atom. The van der Waals surface area contributed by atoms with E-state index in [1.807, 2.05) is 12.1 Å². The van der Waals surface area contributed by atoms with E-state index in [1.54, 1.807) is 29.8 Å². The number of aromatic nitrogens is 2. The summed E-state index contributed by atoms with van der Waals surface area (Å²) in [6, 6.07) is 5.03. The van der Waals surface area contributed by atoms with Crippen molar-refractivity contribution in [3.8, 4) is 0 Å². The number of nitrogens with zero attached hydrogens (tertiary/aromatic N) is 2. The van der Waals surface area contributed by atoms with Gasteiger partial charge in [-0.15, -0.1) is 0 Å². The highest BCUT2D eigenvalue weighted by molar-refractivity contribution is 5.93. The third kappa shape index (κ3) is 2.65. The molecule has 6 heteroatoms. The van der Waals surface area contributed by atoms with Crippen molar-refractivity contribution in [2.24, 2.45) is 0 Å². The van der Waals surface area contributed by atoms with Crippen molar-refractivity contribution in [1.29, 1.82) is 0 Å². The predicted octanol–water partition coefficient (Wildman–Crippen LogP) is 0.927. The molecule has 6 nitrogen and oxygen atoms in total. The first-order valence-electron chi connectivity index (χ1n) is 5.52. The molecule has 1 amide bonds. The average Bonchev–Trinajstić information content (AvgIpc) is 2.71. The number of hydrogen-bond acceptors (Lipinski definition) is 3. The number of carboxylic acids is 1. The van der Waals surface area contributed by atoms with Crippen LogP contribution in [-0.4, -0.2) is 32.4 Å². The molecule has 2 heterocycles. The van der Waals surface area contributed by atoms with Crippen LogP contribution in [0.2, 0.25) is 0 Å². The quantitative estimate of drug-likeness (QED) is 0.841. The Balaban J connectivity index is 2.11. The van der Waals surface area contributed by atoms with Gasteiger partial charge in [0.25, 0.3) is 5.91 Å². The first-order chi connectivity index (χ1) is 8.56. The summed E-state index contributed by atoms with van der Waals surface area (Å²) in [5, 5.41) is 11.2. The highest BCUT2D eigenvalue weighted by atomic mass is 16.4. The Morgan fingerprint density at radius 3 is 2.94 bits per heavy atom. The van der Waals surface area contributed by atoms with Crippen LogP contribution in [0, 0.1) is 0 Å². The van der Waals surface area contributed by atoms with Crippen LogP contribution < -0.4 is 5.32 Å². The zero-order chi connectivity index (χ0) is 13.1. The number of hydrogen-bond donors (Lipinski definition) is 2. The van der Waals surface area contributed by atoms with Crippen LogP contribution in [-0.2, 0) is 4.79 Å². The minimum Gasteiger partial charge on any atom is -0.481 e. The SMILES string of the molecule is CC(CC(=O)O)NC(=O)c1cn2ccccc2n1. The number of carboxylic acid groups (broad SMARTS) is 1. The zero-order valence-electron chi connectivity index (χ0n) is 9.83. The standard InChI is InChI=1S/C12H13N3O3/c1-8(6-11(16)17)13-12(18)9-7-15-5-3-2-4-10(15)14-9/h2-5,7-8H,6H2,1H3,(H,13,18)(H,16,17). The second-order valence-electron chi connectivity index (χ2n) is 4.06. The van der Waals surface area contributed by atoms with E-state index in [0.29, 0.717) is 5.65 Å². The van der Waals surface area contributed by atoms with Gasteiger partial charge in [-0.3, -0.25) is 9.59 Å². The molecule has 0 aliphatic carbocycles. The largest absolute Gasteiger partial charge is 0.481 e. The molecule has 0 fully saturated rings. The Kier molecular flexibility index (Phi) is 3.27. The van der Waals surface area contributed by atoms with Gasteiger partial charge in [0.1, 0.15) is 11.3 Å². The highest BCUT2D eigenvalue weighted by Crippen LogP contribution is 2.05. The number of pyridine rings is 1. The fourth-order valence-corrected chi connectivity index (χ4v) is 1.65. The molecule has 94 valence electrons. The van der Waals surface area contributed by atoms with Gasteiger partial charge in [0.15, 0.2) is 0 Å². The molecule has 0 radical (unpaired) electrons. The third-order valence-corrected chi connectivity index (χ3v) is 2.45. The molecule has 0 bridgehead atoms. The Hall–Kier alpha value is -2.37. The second-order valence-corrected chi connectivity index (χ2v) is 4.06. The van der Waals surface area contributed by atoms with E-state index in [-0.39, 0.29) is 18.0 Å². The van der Waals surface area contributed by atoms with Crippen molar-refractivity contribution in [1.82, 2.24) is 14.7 Å². The van der Waals surface area contributed by atoms with E-state index >= 15 is 0 Å². The summed E-state index contributed by atoms with van der Waals surface area (Å²) in [5.74, 6) is -1.31. The fourth-order valence-electron chi connectivity index (χ4n) is 1.65.